The summed E-state index contributed by atoms with van der Waals surface area (Å²) in [4.78, 5) is 13.5. The van der Waals surface area contributed by atoms with Crippen LogP contribution in [-0.2, 0) is 14.4 Å². The molecule has 60 valence electrons. The molecule has 6 heteroatoms. The highest BCUT2D eigenvalue weighted by molar-refractivity contribution is 5.75. The second-order valence-electron chi connectivity index (χ2n) is 1.58. The molecule has 0 bridgehead atoms. The van der Waals surface area contributed by atoms with Gasteiger partial charge >= 0.3 is 11.8 Å². The number of aliphatic carboxylic acids is 1. The number of alkyl halides is 1. The van der Waals surface area contributed by atoms with Gasteiger partial charge in [-0.25, -0.2) is 10.7 Å². The van der Waals surface area contributed by atoms with E-state index in [9.17, 15) is 9.18 Å². The van der Waals surface area contributed by atoms with E-state index >= 15 is 0 Å². The highest BCUT2D eigenvalue weighted by Crippen LogP contribution is 2.10. The standard InChI is InChI=1S/C4H8FNO4/c1-9-2-4(5,10-6)3(7)8/h2,6H2,1H3,(H,7,8). The van der Waals surface area contributed by atoms with Gasteiger partial charge in [0.15, 0.2) is 0 Å². The summed E-state index contributed by atoms with van der Waals surface area (Å²) in [6, 6.07) is 0. The fourth-order valence-electron chi connectivity index (χ4n) is 0.332. The van der Waals surface area contributed by atoms with Gasteiger partial charge in [0.2, 0.25) is 0 Å². The Morgan fingerprint density at radius 2 is 2.40 bits per heavy atom. The van der Waals surface area contributed by atoms with E-state index in [-0.39, 0.29) is 0 Å². The summed E-state index contributed by atoms with van der Waals surface area (Å²) in [6.45, 7) is -0.737. The number of methoxy groups -OCH3 is 1. The van der Waals surface area contributed by atoms with Crippen LogP contribution < -0.4 is 5.90 Å². The summed E-state index contributed by atoms with van der Waals surface area (Å²) in [5.41, 5.74) is 0. The van der Waals surface area contributed by atoms with Gasteiger partial charge in [0.25, 0.3) is 0 Å². The molecule has 0 radical (unpaired) electrons. The zero-order valence-electron chi connectivity index (χ0n) is 5.33. The molecule has 10 heavy (non-hydrogen) atoms. The zero-order chi connectivity index (χ0) is 8.20. The van der Waals surface area contributed by atoms with Crippen molar-refractivity contribution in [2.75, 3.05) is 13.7 Å². The molecule has 0 aliphatic rings. The molecule has 0 fully saturated rings. The van der Waals surface area contributed by atoms with Gasteiger partial charge in [-0.2, -0.15) is 4.39 Å². The minimum atomic E-state index is -2.94. The maximum Gasteiger partial charge on any atom is 0.373 e. The molecule has 1 unspecified atom stereocenters. The largest absolute Gasteiger partial charge is 0.477 e. The predicted octanol–water partition coefficient (Wildman–Crippen LogP) is -0.726. The van der Waals surface area contributed by atoms with Crippen LogP contribution >= 0.6 is 0 Å². The summed E-state index contributed by atoms with van der Waals surface area (Å²) >= 11 is 0. The molecule has 3 N–H and O–H groups in total. The van der Waals surface area contributed by atoms with Crippen LogP contribution in [0.5, 0.6) is 0 Å². The third kappa shape index (κ3) is 1.90. The average Bonchev–Trinajstić information content (AvgIpc) is 1.88. The third-order valence-electron chi connectivity index (χ3n) is 0.836. The van der Waals surface area contributed by atoms with Gasteiger partial charge in [-0.05, 0) is 0 Å². The first-order valence-corrected chi connectivity index (χ1v) is 2.36. The van der Waals surface area contributed by atoms with E-state index < -0.39 is 18.4 Å². The van der Waals surface area contributed by atoms with E-state index in [2.05, 4.69) is 15.5 Å². The molecule has 0 saturated carbocycles. The van der Waals surface area contributed by atoms with Gasteiger partial charge in [-0.15, -0.1) is 0 Å². The van der Waals surface area contributed by atoms with Gasteiger partial charge in [0, 0.05) is 7.11 Å². The maximum atomic E-state index is 12.6. The Balaban J connectivity index is 4.08. The van der Waals surface area contributed by atoms with Crippen LogP contribution in [0.1, 0.15) is 0 Å². The van der Waals surface area contributed by atoms with Gasteiger partial charge in [0.05, 0.1) is 0 Å². The first-order chi connectivity index (χ1) is 4.56. The van der Waals surface area contributed by atoms with Gasteiger partial charge < -0.3 is 9.84 Å². The summed E-state index contributed by atoms with van der Waals surface area (Å²) in [6.07, 6.45) is 0. The maximum absolute atomic E-state index is 12.6. The first-order valence-electron chi connectivity index (χ1n) is 2.36. The van der Waals surface area contributed by atoms with Crippen molar-refractivity contribution in [3.63, 3.8) is 0 Å². The molecule has 0 aliphatic heterocycles. The summed E-state index contributed by atoms with van der Waals surface area (Å²) in [5, 5.41) is 8.10. The summed E-state index contributed by atoms with van der Waals surface area (Å²) < 4.78 is 16.8. The molecule has 1 atom stereocenters. The number of halogens is 1. The third-order valence-corrected chi connectivity index (χ3v) is 0.836. The van der Waals surface area contributed by atoms with Gasteiger partial charge in [-0.3, -0.25) is 4.84 Å². The molecule has 0 aromatic heterocycles. The topological polar surface area (TPSA) is 81.8 Å². The van der Waals surface area contributed by atoms with Crippen LogP contribution in [0.3, 0.4) is 0 Å². The van der Waals surface area contributed by atoms with Crippen molar-refractivity contribution < 1.29 is 23.9 Å². The lowest BCUT2D eigenvalue weighted by Gasteiger charge is -2.15. The predicted molar refractivity (Wildman–Crippen MR) is 28.6 cm³/mol. The Morgan fingerprint density at radius 1 is 1.90 bits per heavy atom. The number of nitrogens with two attached hydrogens (primary N) is 1. The fourth-order valence-corrected chi connectivity index (χ4v) is 0.332. The van der Waals surface area contributed by atoms with E-state index in [1.54, 1.807) is 0 Å². The fraction of sp³-hybridized carbons (Fsp3) is 0.750. The van der Waals surface area contributed by atoms with Crippen LogP contribution in [0.25, 0.3) is 0 Å². The number of carbonyl (C=O) groups is 1. The average molecular weight is 153 g/mol. The van der Waals surface area contributed by atoms with Crippen LogP contribution in [0.4, 0.5) is 4.39 Å². The smallest absolute Gasteiger partial charge is 0.373 e. The van der Waals surface area contributed by atoms with Gasteiger partial charge in [0.1, 0.15) is 6.61 Å². The monoisotopic (exact) mass is 153 g/mol. The minimum Gasteiger partial charge on any atom is -0.477 e. The molecule has 0 saturated heterocycles. The molecular weight excluding hydrogens is 145 g/mol. The van der Waals surface area contributed by atoms with E-state index in [4.69, 9.17) is 5.11 Å². The second-order valence-corrected chi connectivity index (χ2v) is 1.58. The summed E-state index contributed by atoms with van der Waals surface area (Å²) in [7, 11) is 1.14. The number of hydrogen-bond acceptors (Lipinski definition) is 4. The second kappa shape index (κ2) is 3.45. The SMILES string of the molecule is COCC(F)(ON)C(=O)O. The lowest BCUT2D eigenvalue weighted by molar-refractivity contribution is -0.209. The van der Waals surface area contributed by atoms with Crippen LogP contribution in [-0.4, -0.2) is 30.6 Å². The van der Waals surface area contributed by atoms with Crippen LogP contribution in [0.2, 0.25) is 0 Å². The number of hydrogen-bond donors (Lipinski definition) is 2. The number of ether oxygens (including phenoxy) is 1. The van der Waals surface area contributed by atoms with Crippen molar-refractivity contribution in [3.8, 4) is 0 Å². The van der Waals surface area contributed by atoms with E-state index in [1.807, 2.05) is 0 Å². The number of carboxylic acids is 1. The molecule has 0 rings (SSSR count). The molecule has 0 aliphatic carbocycles. The van der Waals surface area contributed by atoms with E-state index in [0.717, 1.165) is 7.11 Å². The number of rotatable bonds is 4. The quantitative estimate of drug-likeness (QED) is 0.520. The van der Waals surface area contributed by atoms with Crippen molar-refractivity contribution in [3.05, 3.63) is 0 Å². The normalized spacial score (nSPS) is 16.3. The highest BCUT2D eigenvalue weighted by Gasteiger charge is 2.40. The van der Waals surface area contributed by atoms with Crippen molar-refractivity contribution in [1.29, 1.82) is 0 Å². The lowest BCUT2D eigenvalue weighted by atomic mass is 10.3. The minimum absolute atomic E-state index is 0.737. The zero-order valence-corrected chi connectivity index (χ0v) is 5.33. The van der Waals surface area contributed by atoms with Crippen molar-refractivity contribution in [1.82, 2.24) is 0 Å². The molecule has 5 nitrogen and oxygen atoms in total. The van der Waals surface area contributed by atoms with E-state index in [0.29, 0.717) is 0 Å². The Labute approximate surface area is 56.5 Å². The molecule has 0 aromatic rings. The van der Waals surface area contributed by atoms with Crippen molar-refractivity contribution in [2.24, 2.45) is 5.90 Å². The lowest BCUT2D eigenvalue weighted by Crippen LogP contribution is -2.43. The number of carboxylic acid groups (broad SMARTS) is 1. The highest BCUT2D eigenvalue weighted by atomic mass is 19.2. The Bertz CT molecular complexity index is 130. The molecular formula is C4H8FNO4. The first kappa shape index (κ1) is 9.28. The Hall–Kier alpha value is -0.720. The van der Waals surface area contributed by atoms with Gasteiger partial charge in [-0.1, -0.05) is 0 Å². The van der Waals surface area contributed by atoms with Crippen LogP contribution in [0, 0.1) is 0 Å². The van der Waals surface area contributed by atoms with Crippen molar-refractivity contribution in [2.45, 2.75) is 5.85 Å². The van der Waals surface area contributed by atoms with E-state index in [1.165, 1.54) is 0 Å². The Kier molecular flexibility index (Phi) is 3.20. The van der Waals surface area contributed by atoms with Crippen LogP contribution in [0.15, 0.2) is 0 Å². The molecule has 0 amide bonds. The molecule has 0 aromatic carbocycles. The van der Waals surface area contributed by atoms with Crippen molar-refractivity contribution >= 4 is 5.97 Å². The summed E-state index contributed by atoms with van der Waals surface area (Å²) in [5.74, 6) is -0.386. The molecule has 0 heterocycles. The Morgan fingerprint density at radius 3 is 2.50 bits per heavy atom. The molecule has 0 spiro atoms.